The van der Waals surface area contributed by atoms with Crippen LogP contribution in [0, 0.1) is 0 Å². The first-order chi connectivity index (χ1) is 9.54. The van der Waals surface area contributed by atoms with Crippen molar-refractivity contribution >= 4 is 23.3 Å². The van der Waals surface area contributed by atoms with Crippen LogP contribution in [0.3, 0.4) is 0 Å². The van der Waals surface area contributed by atoms with Crippen LogP contribution in [0.2, 0.25) is 5.02 Å². The molecule has 0 atom stereocenters. The van der Waals surface area contributed by atoms with Crippen LogP contribution < -0.4 is 10.6 Å². The van der Waals surface area contributed by atoms with E-state index in [1.807, 2.05) is 0 Å². The number of carbonyl (C=O) groups excluding carboxylic acids is 1. The van der Waals surface area contributed by atoms with Crippen molar-refractivity contribution in [2.24, 2.45) is 0 Å². The Kier molecular flexibility index (Phi) is 4.32. The molecule has 0 aliphatic heterocycles. The van der Waals surface area contributed by atoms with Crippen molar-refractivity contribution in [1.82, 2.24) is 5.32 Å². The molecule has 0 saturated carbocycles. The van der Waals surface area contributed by atoms with Gasteiger partial charge in [0.1, 0.15) is 0 Å². The normalized spacial score (nSPS) is 10.1. The lowest BCUT2D eigenvalue weighted by Crippen LogP contribution is -2.28. The average Bonchev–Trinajstić information content (AvgIpc) is 2.40. The minimum absolute atomic E-state index is 0.197. The molecule has 2 aromatic carbocycles. The molecule has 5 nitrogen and oxygen atoms in total. The van der Waals surface area contributed by atoms with Crippen molar-refractivity contribution in [3.8, 4) is 11.5 Å². The van der Waals surface area contributed by atoms with Crippen LogP contribution in [0.4, 0.5) is 10.5 Å². The summed E-state index contributed by atoms with van der Waals surface area (Å²) in [5.41, 5.74) is 1.25. The Bertz CT molecular complexity index is 632. The summed E-state index contributed by atoms with van der Waals surface area (Å²) in [7, 11) is 0. The fraction of sp³-hybridized carbons (Fsp3) is 0.0714. The fourth-order valence-electron chi connectivity index (χ4n) is 1.60. The summed E-state index contributed by atoms with van der Waals surface area (Å²) in [4.78, 5) is 11.7. The third-order valence-electron chi connectivity index (χ3n) is 2.58. The summed E-state index contributed by atoms with van der Waals surface area (Å²) in [6.07, 6.45) is 0. The monoisotopic (exact) mass is 292 g/mol. The van der Waals surface area contributed by atoms with Crippen molar-refractivity contribution in [1.29, 1.82) is 0 Å². The highest BCUT2D eigenvalue weighted by Gasteiger charge is 2.04. The number of hydrogen-bond acceptors (Lipinski definition) is 3. The number of phenolic OH excluding ortho intramolecular Hbond substituents is 2. The molecule has 0 bridgehead atoms. The number of urea groups is 1. The lowest BCUT2D eigenvalue weighted by molar-refractivity contribution is 0.251. The van der Waals surface area contributed by atoms with Gasteiger partial charge in [-0.25, -0.2) is 4.79 Å². The number of halogens is 1. The zero-order valence-electron chi connectivity index (χ0n) is 10.4. The lowest BCUT2D eigenvalue weighted by Gasteiger charge is -2.08. The molecule has 0 heterocycles. The summed E-state index contributed by atoms with van der Waals surface area (Å²) < 4.78 is 0. The van der Waals surface area contributed by atoms with E-state index in [1.54, 1.807) is 30.3 Å². The molecule has 0 aliphatic carbocycles. The molecule has 20 heavy (non-hydrogen) atoms. The standard InChI is InChI=1S/C14H13ClN2O3/c15-10-2-1-3-11(7-10)17-14(20)16-8-9-4-5-12(18)13(19)6-9/h1-7,18-19H,8H2,(H2,16,17,20). The van der Waals surface area contributed by atoms with Gasteiger partial charge in [0.2, 0.25) is 0 Å². The van der Waals surface area contributed by atoms with Gasteiger partial charge in [-0.05, 0) is 35.9 Å². The second kappa shape index (κ2) is 6.16. The number of rotatable bonds is 3. The number of carbonyl (C=O) groups is 1. The molecule has 0 aliphatic rings. The van der Waals surface area contributed by atoms with E-state index in [4.69, 9.17) is 11.6 Å². The highest BCUT2D eigenvalue weighted by atomic mass is 35.5. The molecular formula is C14H13ClN2O3. The summed E-state index contributed by atoms with van der Waals surface area (Å²) in [6, 6.07) is 10.8. The number of benzene rings is 2. The fourth-order valence-corrected chi connectivity index (χ4v) is 1.79. The van der Waals surface area contributed by atoms with E-state index >= 15 is 0 Å². The topological polar surface area (TPSA) is 81.6 Å². The summed E-state index contributed by atoms with van der Waals surface area (Å²) >= 11 is 5.81. The van der Waals surface area contributed by atoms with Crippen molar-refractivity contribution in [3.63, 3.8) is 0 Å². The van der Waals surface area contributed by atoms with Crippen LogP contribution in [0.15, 0.2) is 42.5 Å². The second-order valence-electron chi connectivity index (χ2n) is 4.14. The van der Waals surface area contributed by atoms with Crippen LogP contribution in [-0.4, -0.2) is 16.2 Å². The maximum absolute atomic E-state index is 11.7. The van der Waals surface area contributed by atoms with Gasteiger partial charge in [0.25, 0.3) is 0 Å². The van der Waals surface area contributed by atoms with Gasteiger partial charge in [0.15, 0.2) is 11.5 Å². The minimum Gasteiger partial charge on any atom is -0.504 e. The van der Waals surface area contributed by atoms with E-state index in [2.05, 4.69) is 10.6 Å². The molecule has 0 fully saturated rings. The Morgan fingerprint density at radius 2 is 1.90 bits per heavy atom. The number of nitrogens with one attached hydrogen (secondary N) is 2. The zero-order valence-corrected chi connectivity index (χ0v) is 11.2. The Labute approximate surface area is 120 Å². The van der Waals surface area contributed by atoms with Crippen LogP contribution in [0.5, 0.6) is 11.5 Å². The van der Waals surface area contributed by atoms with Gasteiger partial charge in [-0.3, -0.25) is 0 Å². The van der Waals surface area contributed by atoms with Crippen molar-refractivity contribution in [2.75, 3.05) is 5.32 Å². The maximum Gasteiger partial charge on any atom is 0.319 e. The van der Waals surface area contributed by atoms with E-state index in [0.717, 1.165) is 0 Å². The Hall–Kier alpha value is -2.40. The number of aromatic hydroxyl groups is 2. The quantitative estimate of drug-likeness (QED) is 0.656. The van der Waals surface area contributed by atoms with Gasteiger partial charge in [0, 0.05) is 17.3 Å². The van der Waals surface area contributed by atoms with E-state index in [1.165, 1.54) is 12.1 Å². The Balaban J connectivity index is 1.90. The van der Waals surface area contributed by atoms with Crippen molar-refractivity contribution in [2.45, 2.75) is 6.54 Å². The molecule has 2 aromatic rings. The molecule has 0 saturated heterocycles. The van der Waals surface area contributed by atoms with Gasteiger partial charge in [-0.15, -0.1) is 0 Å². The highest BCUT2D eigenvalue weighted by molar-refractivity contribution is 6.30. The number of phenols is 2. The second-order valence-corrected chi connectivity index (χ2v) is 4.58. The largest absolute Gasteiger partial charge is 0.504 e. The predicted octanol–water partition coefficient (Wildman–Crippen LogP) is 3.07. The SMILES string of the molecule is O=C(NCc1ccc(O)c(O)c1)Nc1cccc(Cl)c1. The first kappa shape index (κ1) is 14.0. The number of anilines is 1. The third kappa shape index (κ3) is 3.80. The summed E-state index contributed by atoms with van der Waals surface area (Å²) in [5.74, 6) is -0.420. The first-order valence-corrected chi connectivity index (χ1v) is 6.23. The molecule has 0 spiro atoms. The van der Waals surface area contributed by atoms with Crippen molar-refractivity contribution in [3.05, 3.63) is 53.1 Å². The van der Waals surface area contributed by atoms with Crippen LogP contribution in [-0.2, 0) is 6.54 Å². The van der Waals surface area contributed by atoms with E-state index < -0.39 is 0 Å². The van der Waals surface area contributed by atoms with E-state index in [0.29, 0.717) is 16.3 Å². The van der Waals surface area contributed by atoms with E-state index in [9.17, 15) is 15.0 Å². The third-order valence-corrected chi connectivity index (χ3v) is 2.81. The predicted molar refractivity (Wildman–Crippen MR) is 77.1 cm³/mol. The molecule has 2 rings (SSSR count). The van der Waals surface area contributed by atoms with Gasteiger partial charge in [0.05, 0.1) is 0 Å². The minimum atomic E-state index is -0.389. The summed E-state index contributed by atoms with van der Waals surface area (Å²) in [6.45, 7) is 0.222. The smallest absolute Gasteiger partial charge is 0.319 e. The Morgan fingerprint density at radius 3 is 2.60 bits per heavy atom. The molecule has 2 amide bonds. The molecule has 104 valence electrons. The van der Waals surface area contributed by atoms with Gasteiger partial charge in [-0.1, -0.05) is 23.7 Å². The first-order valence-electron chi connectivity index (χ1n) is 5.86. The Morgan fingerprint density at radius 1 is 1.10 bits per heavy atom. The maximum atomic E-state index is 11.7. The van der Waals surface area contributed by atoms with Crippen LogP contribution in [0.1, 0.15) is 5.56 Å². The molecule has 0 radical (unpaired) electrons. The van der Waals surface area contributed by atoms with Gasteiger partial charge < -0.3 is 20.8 Å². The van der Waals surface area contributed by atoms with Gasteiger partial charge in [-0.2, -0.15) is 0 Å². The number of hydrogen-bond donors (Lipinski definition) is 4. The average molecular weight is 293 g/mol. The molecule has 0 unspecified atom stereocenters. The van der Waals surface area contributed by atoms with E-state index in [-0.39, 0.29) is 24.1 Å². The molecule has 0 aromatic heterocycles. The van der Waals surface area contributed by atoms with Gasteiger partial charge >= 0.3 is 6.03 Å². The molecular weight excluding hydrogens is 280 g/mol. The highest BCUT2D eigenvalue weighted by Crippen LogP contribution is 2.24. The number of amides is 2. The van der Waals surface area contributed by atoms with Crippen LogP contribution in [0.25, 0.3) is 0 Å². The van der Waals surface area contributed by atoms with Crippen LogP contribution >= 0.6 is 11.6 Å². The molecule has 4 N–H and O–H groups in total. The van der Waals surface area contributed by atoms with Crippen molar-refractivity contribution < 1.29 is 15.0 Å². The lowest BCUT2D eigenvalue weighted by atomic mass is 10.2. The zero-order chi connectivity index (χ0) is 14.5. The molecule has 6 heteroatoms. The summed E-state index contributed by atoms with van der Waals surface area (Å²) in [5, 5.41) is 24.3.